The average Bonchev–Trinajstić information content (AvgIpc) is 3.22. The summed E-state index contributed by atoms with van der Waals surface area (Å²) >= 11 is 0. The van der Waals surface area contributed by atoms with Crippen molar-refractivity contribution in [1.29, 1.82) is 0 Å². The summed E-state index contributed by atoms with van der Waals surface area (Å²) in [4.78, 5) is 28.4. The van der Waals surface area contributed by atoms with Crippen LogP contribution in [0.1, 0.15) is 32.8 Å². The molecule has 1 aromatic heterocycles. The first-order valence-corrected chi connectivity index (χ1v) is 10.9. The van der Waals surface area contributed by atoms with Gasteiger partial charge in [0.15, 0.2) is 0 Å². The van der Waals surface area contributed by atoms with Crippen LogP contribution < -0.4 is 10.2 Å². The lowest BCUT2D eigenvalue weighted by atomic mass is 10.1. The number of hydrogen-bond acceptors (Lipinski definition) is 5. The van der Waals surface area contributed by atoms with Gasteiger partial charge in [0.05, 0.1) is 0 Å². The van der Waals surface area contributed by atoms with Crippen LogP contribution in [0.3, 0.4) is 0 Å². The van der Waals surface area contributed by atoms with Gasteiger partial charge in [-0.3, -0.25) is 14.5 Å². The molecule has 3 aromatic rings. The first-order valence-electron chi connectivity index (χ1n) is 10.9. The smallest absolute Gasteiger partial charge is 0.251 e. The fourth-order valence-corrected chi connectivity index (χ4v) is 3.28. The zero-order chi connectivity index (χ0) is 24.0. The number of aromatic nitrogens is 4. The summed E-state index contributed by atoms with van der Waals surface area (Å²) in [6.45, 7) is 7.96. The molecule has 2 aromatic carbocycles. The van der Waals surface area contributed by atoms with Crippen LogP contribution in [0.5, 0.6) is 0 Å². The minimum absolute atomic E-state index is 0.251. The molecule has 1 atom stereocenters. The van der Waals surface area contributed by atoms with E-state index in [1.54, 1.807) is 13.0 Å². The van der Waals surface area contributed by atoms with Crippen LogP contribution in [0.2, 0.25) is 0 Å². The number of hydrogen-bond donors (Lipinski definition) is 1. The van der Waals surface area contributed by atoms with Crippen molar-refractivity contribution >= 4 is 17.5 Å². The minimum Gasteiger partial charge on any atom is -0.354 e. The van der Waals surface area contributed by atoms with E-state index in [9.17, 15) is 14.0 Å². The minimum atomic E-state index is -0.855. The summed E-state index contributed by atoms with van der Waals surface area (Å²) < 4.78 is 13.9. The van der Waals surface area contributed by atoms with Crippen molar-refractivity contribution in [1.82, 2.24) is 25.5 Å². The molecule has 0 saturated carbocycles. The molecular formula is C24H29FN6O2. The third kappa shape index (κ3) is 6.44. The van der Waals surface area contributed by atoms with Crippen molar-refractivity contribution in [3.8, 4) is 11.4 Å². The van der Waals surface area contributed by atoms with Gasteiger partial charge in [-0.15, -0.1) is 10.2 Å². The number of nitrogens with one attached hydrogen (secondary N) is 1. The molecule has 0 saturated heterocycles. The average molecular weight is 453 g/mol. The molecule has 0 radical (unpaired) electrons. The van der Waals surface area contributed by atoms with E-state index in [-0.39, 0.29) is 18.1 Å². The molecule has 1 heterocycles. The topological polar surface area (TPSA) is 93.0 Å². The van der Waals surface area contributed by atoms with Crippen LogP contribution in [0.4, 0.5) is 10.1 Å². The van der Waals surface area contributed by atoms with E-state index >= 15 is 0 Å². The van der Waals surface area contributed by atoms with Crippen molar-refractivity contribution in [3.05, 3.63) is 59.9 Å². The predicted octanol–water partition coefficient (Wildman–Crippen LogP) is 3.37. The fraction of sp³-hybridized carbons (Fsp3) is 0.375. The lowest BCUT2D eigenvalue weighted by molar-refractivity contribution is -0.126. The second-order valence-electron chi connectivity index (χ2n) is 8.40. The Bertz CT molecular complexity index is 1100. The molecule has 8 nitrogen and oxygen atoms in total. The monoisotopic (exact) mass is 452 g/mol. The Labute approximate surface area is 192 Å². The summed E-state index contributed by atoms with van der Waals surface area (Å²) in [5.41, 5.74) is 2.16. The van der Waals surface area contributed by atoms with E-state index in [0.29, 0.717) is 18.3 Å². The highest BCUT2D eigenvalue weighted by Gasteiger charge is 2.28. The second kappa shape index (κ2) is 10.8. The van der Waals surface area contributed by atoms with Gasteiger partial charge in [0.1, 0.15) is 18.4 Å². The highest BCUT2D eigenvalue weighted by molar-refractivity contribution is 6.00. The number of carbonyl (C=O) groups excluding carboxylic acids is 2. The largest absolute Gasteiger partial charge is 0.354 e. The first kappa shape index (κ1) is 24.0. The van der Waals surface area contributed by atoms with Crippen molar-refractivity contribution in [2.45, 2.75) is 46.7 Å². The molecule has 1 unspecified atom stereocenters. The van der Waals surface area contributed by atoms with Gasteiger partial charge in [0, 0.05) is 17.8 Å². The number of benzene rings is 2. The maximum absolute atomic E-state index is 13.9. The van der Waals surface area contributed by atoms with Crippen LogP contribution in [-0.4, -0.2) is 44.6 Å². The number of anilines is 1. The van der Waals surface area contributed by atoms with Gasteiger partial charge in [-0.05, 0) is 49.6 Å². The van der Waals surface area contributed by atoms with E-state index in [4.69, 9.17) is 0 Å². The van der Waals surface area contributed by atoms with Gasteiger partial charge in [0.25, 0.3) is 5.91 Å². The molecule has 33 heavy (non-hydrogen) atoms. The van der Waals surface area contributed by atoms with Gasteiger partial charge in [-0.2, -0.15) is 4.80 Å². The van der Waals surface area contributed by atoms with E-state index < -0.39 is 17.8 Å². The van der Waals surface area contributed by atoms with Crippen molar-refractivity contribution in [2.75, 3.05) is 11.4 Å². The third-order valence-electron chi connectivity index (χ3n) is 5.18. The molecule has 3 rings (SSSR count). The molecule has 2 amide bonds. The summed E-state index contributed by atoms with van der Waals surface area (Å²) in [6.07, 6.45) is 0.817. The highest BCUT2D eigenvalue weighted by Crippen LogP contribution is 2.20. The van der Waals surface area contributed by atoms with Crippen molar-refractivity contribution in [2.24, 2.45) is 5.92 Å². The van der Waals surface area contributed by atoms with E-state index in [2.05, 4.69) is 34.6 Å². The standard InChI is InChI=1S/C24H29FN6O2/c1-16(2)12-13-26-24(33)18(4)31(21-7-5-6-20(25)14-21)22(32)15-30-28-23(27-29-30)19-10-8-17(3)9-11-19/h5-11,14,16,18H,12-13,15H2,1-4H3,(H,26,33). The quantitative estimate of drug-likeness (QED) is 0.537. The summed E-state index contributed by atoms with van der Waals surface area (Å²) in [7, 11) is 0. The molecule has 9 heteroatoms. The Morgan fingerprint density at radius 3 is 2.52 bits per heavy atom. The van der Waals surface area contributed by atoms with Gasteiger partial charge >= 0.3 is 0 Å². The van der Waals surface area contributed by atoms with Crippen LogP contribution in [-0.2, 0) is 16.1 Å². The van der Waals surface area contributed by atoms with Gasteiger partial charge in [-0.1, -0.05) is 49.7 Å². The summed E-state index contributed by atoms with van der Waals surface area (Å²) in [6, 6.07) is 12.4. The number of amides is 2. The SMILES string of the molecule is Cc1ccc(-c2nnn(CC(=O)N(c3cccc(F)c3)C(C)C(=O)NCCC(C)C)n2)cc1. The van der Waals surface area contributed by atoms with Gasteiger partial charge in [0.2, 0.25) is 11.7 Å². The first-order chi connectivity index (χ1) is 15.7. The van der Waals surface area contributed by atoms with E-state index in [0.717, 1.165) is 17.5 Å². The molecule has 0 fully saturated rings. The zero-order valence-corrected chi connectivity index (χ0v) is 19.3. The summed E-state index contributed by atoms with van der Waals surface area (Å²) in [5, 5.41) is 15.1. The fourth-order valence-electron chi connectivity index (χ4n) is 3.28. The Morgan fingerprint density at radius 2 is 1.85 bits per heavy atom. The third-order valence-corrected chi connectivity index (χ3v) is 5.18. The van der Waals surface area contributed by atoms with Crippen molar-refractivity contribution in [3.63, 3.8) is 0 Å². The second-order valence-corrected chi connectivity index (χ2v) is 8.40. The van der Waals surface area contributed by atoms with Crippen LogP contribution in [0.15, 0.2) is 48.5 Å². The number of halogens is 1. The summed E-state index contributed by atoms with van der Waals surface area (Å²) in [5.74, 6) is -0.458. The van der Waals surface area contributed by atoms with Crippen molar-refractivity contribution < 1.29 is 14.0 Å². The maximum atomic E-state index is 13.9. The Kier molecular flexibility index (Phi) is 7.87. The molecule has 1 N–H and O–H groups in total. The Balaban J connectivity index is 1.79. The molecule has 0 spiro atoms. The van der Waals surface area contributed by atoms with E-state index in [1.165, 1.54) is 27.9 Å². The molecule has 0 aliphatic carbocycles. The number of nitrogens with zero attached hydrogens (tertiary/aromatic N) is 5. The number of aryl methyl sites for hydroxylation is 1. The number of carbonyl (C=O) groups is 2. The molecule has 0 aliphatic rings. The molecule has 0 bridgehead atoms. The lowest BCUT2D eigenvalue weighted by Crippen LogP contribution is -2.49. The van der Waals surface area contributed by atoms with Crippen LogP contribution >= 0.6 is 0 Å². The number of tetrazole rings is 1. The van der Waals surface area contributed by atoms with Crippen LogP contribution in [0.25, 0.3) is 11.4 Å². The van der Waals surface area contributed by atoms with Crippen LogP contribution in [0, 0.1) is 18.7 Å². The lowest BCUT2D eigenvalue weighted by Gasteiger charge is -2.28. The zero-order valence-electron chi connectivity index (χ0n) is 19.3. The highest BCUT2D eigenvalue weighted by atomic mass is 19.1. The maximum Gasteiger partial charge on any atom is 0.251 e. The number of rotatable bonds is 9. The molecule has 0 aliphatic heterocycles. The normalized spacial score (nSPS) is 11.9. The molecule has 174 valence electrons. The van der Waals surface area contributed by atoms with Gasteiger partial charge < -0.3 is 5.32 Å². The van der Waals surface area contributed by atoms with Gasteiger partial charge in [-0.25, -0.2) is 4.39 Å². The van der Waals surface area contributed by atoms with E-state index in [1.807, 2.05) is 31.2 Å². The predicted molar refractivity (Wildman–Crippen MR) is 124 cm³/mol. The Morgan fingerprint density at radius 1 is 1.12 bits per heavy atom. The molecular weight excluding hydrogens is 423 g/mol. The Hall–Kier alpha value is -3.62.